The molecule has 0 fully saturated rings. The van der Waals surface area contributed by atoms with Gasteiger partial charge in [-0.05, 0) is 32.9 Å². The van der Waals surface area contributed by atoms with Crippen LogP contribution in [0.5, 0.6) is 0 Å². The van der Waals surface area contributed by atoms with Crippen LogP contribution in [0.4, 0.5) is 0 Å². The molecule has 0 saturated heterocycles. The molecule has 6 nitrogen and oxygen atoms in total. The van der Waals surface area contributed by atoms with E-state index in [1.807, 2.05) is 7.05 Å². The van der Waals surface area contributed by atoms with Crippen LogP contribution in [0.15, 0.2) is 0 Å². The Hall–Kier alpha value is -0.260. The van der Waals surface area contributed by atoms with E-state index in [9.17, 15) is 9.69 Å². The molecule has 2 unspecified atom stereocenters. The van der Waals surface area contributed by atoms with Gasteiger partial charge >= 0.3 is 8.60 Å². The molecule has 0 aromatic heterocycles. The molecule has 33 heavy (non-hydrogen) atoms. The van der Waals surface area contributed by atoms with Gasteiger partial charge in [0.1, 0.15) is 6.10 Å². The molecule has 0 aromatic carbocycles. The molecule has 0 rings (SSSR count). The Labute approximate surface area is 205 Å². The predicted octanol–water partition coefficient (Wildman–Crippen LogP) is 7.43. The standard InChI is InChI=1S/C26H54NO5P/c1-3-4-5-6-7-8-9-10-11-12-13-14-15-16-17-18-19-21-26(30-25-28)24-32-33(29)31-23-20-22-27-2/h25-27,29H,3-24H2,1-2H3. The lowest BCUT2D eigenvalue weighted by molar-refractivity contribution is -0.135. The summed E-state index contributed by atoms with van der Waals surface area (Å²) in [5.74, 6) is 0. The van der Waals surface area contributed by atoms with Gasteiger partial charge in [-0.15, -0.1) is 0 Å². The summed E-state index contributed by atoms with van der Waals surface area (Å²) in [4.78, 5) is 20.5. The molecule has 0 aliphatic heterocycles. The van der Waals surface area contributed by atoms with Crippen molar-refractivity contribution in [1.29, 1.82) is 0 Å². The minimum absolute atomic E-state index is 0.186. The number of unbranched alkanes of at least 4 members (excludes halogenated alkanes) is 16. The summed E-state index contributed by atoms with van der Waals surface area (Å²) in [7, 11) is -0.0302. The second-order valence-electron chi connectivity index (χ2n) is 9.12. The molecule has 0 bridgehead atoms. The Balaban J connectivity index is 3.43. The number of nitrogens with one attached hydrogen (secondary N) is 1. The Morgan fingerprint density at radius 3 is 1.70 bits per heavy atom. The molecule has 0 radical (unpaired) electrons. The minimum Gasteiger partial charge on any atom is -0.462 e. The van der Waals surface area contributed by atoms with Crippen molar-refractivity contribution in [3.05, 3.63) is 0 Å². The van der Waals surface area contributed by atoms with Crippen LogP contribution in [-0.4, -0.2) is 44.3 Å². The normalized spacial score (nSPS) is 13.2. The third kappa shape index (κ3) is 26.2. The number of ether oxygens (including phenoxy) is 1. The largest absolute Gasteiger partial charge is 0.462 e. The summed E-state index contributed by atoms with van der Waals surface area (Å²) in [6.45, 7) is 4.21. The number of hydrogen-bond donors (Lipinski definition) is 2. The number of rotatable bonds is 28. The quantitative estimate of drug-likeness (QED) is 0.0673. The van der Waals surface area contributed by atoms with Crippen molar-refractivity contribution >= 4 is 15.1 Å². The zero-order valence-electron chi connectivity index (χ0n) is 21.7. The first-order valence-electron chi connectivity index (χ1n) is 13.7. The summed E-state index contributed by atoms with van der Waals surface area (Å²) in [6, 6.07) is 0. The average Bonchev–Trinajstić information content (AvgIpc) is 2.82. The van der Waals surface area contributed by atoms with E-state index in [2.05, 4.69) is 12.2 Å². The molecular formula is C26H54NO5P. The molecular weight excluding hydrogens is 437 g/mol. The van der Waals surface area contributed by atoms with Crippen molar-refractivity contribution in [3.63, 3.8) is 0 Å². The Bertz CT molecular complexity index is 390. The third-order valence-electron chi connectivity index (χ3n) is 6.02. The van der Waals surface area contributed by atoms with Gasteiger partial charge in [-0.2, -0.15) is 0 Å². The fraction of sp³-hybridized carbons (Fsp3) is 0.962. The van der Waals surface area contributed by atoms with Crippen LogP contribution in [0, 0.1) is 0 Å². The number of carbonyl (C=O) groups is 1. The first kappa shape index (κ1) is 32.7. The Kier molecular flexibility index (Phi) is 27.8. The highest BCUT2D eigenvalue weighted by Gasteiger charge is 2.14. The first-order chi connectivity index (χ1) is 16.2. The maximum absolute atomic E-state index is 10.7. The molecule has 0 heterocycles. The van der Waals surface area contributed by atoms with Gasteiger partial charge < -0.3 is 24.0 Å². The van der Waals surface area contributed by atoms with E-state index in [1.54, 1.807) is 0 Å². The smallest absolute Gasteiger partial charge is 0.329 e. The zero-order valence-corrected chi connectivity index (χ0v) is 22.6. The van der Waals surface area contributed by atoms with Gasteiger partial charge in [-0.1, -0.05) is 110 Å². The van der Waals surface area contributed by atoms with Crippen molar-refractivity contribution in [2.75, 3.05) is 26.8 Å². The van der Waals surface area contributed by atoms with Crippen molar-refractivity contribution < 1.29 is 23.5 Å². The summed E-state index contributed by atoms with van der Waals surface area (Å²) >= 11 is 0. The monoisotopic (exact) mass is 491 g/mol. The van der Waals surface area contributed by atoms with Gasteiger partial charge in [0.05, 0.1) is 13.2 Å². The predicted molar refractivity (Wildman–Crippen MR) is 139 cm³/mol. The maximum Gasteiger partial charge on any atom is 0.329 e. The van der Waals surface area contributed by atoms with E-state index < -0.39 is 8.60 Å². The topological polar surface area (TPSA) is 77.0 Å². The van der Waals surface area contributed by atoms with Crippen molar-refractivity contribution in [3.8, 4) is 0 Å². The summed E-state index contributed by atoms with van der Waals surface area (Å²) < 4.78 is 15.6. The summed E-state index contributed by atoms with van der Waals surface area (Å²) in [5.41, 5.74) is 0. The van der Waals surface area contributed by atoms with E-state index in [-0.39, 0.29) is 12.7 Å². The van der Waals surface area contributed by atoms with Gasteiger partial charge in [-0.3, -0.25) is 4.79 Å². The van der Waals surface area contributed by atoms with Crippen LogP contribution in [0.1, 0.15) is 129 Å². The summed E-state index contributed by atoms with van der Waals surface area (Å²) in [6.07, 6.45) is 24.1. The van der Waals surface area contributed by atoms with E-state index in [0.717, 1.165) is 32.2 Å². The molecule has 2 atom stereocenters. The van der Waals surface area contributed by atoms with Crippen LogP contribution in [0.25, 0.3) is 0 Å². The first-order valence-corrected chi connectivity index (χ1v) is 14.9. The second kappa shape index (κ2) is 28.0. The van der Waals surface area contributed by atoms with Crippen molar-refractivity contribution in [2.24, 2.45) is 0 Å². The molecule has 0 saturated carbocycles. The highest BCUT2D eigenvalue weighted by molar-refractivity contribution is 7.40. The fourth-order valence-electron chi connectivity index (χ4n) is 3.94. The SMILES string of the molecule is CCCCCCCCCCCCCCCCCCCC(COP(O)OCCCNC)OC=O. The van der Waals surface area contributed by atoms with Crippen LogP contribution in [0.2, 0.25) is 0 Å². The van der Waals surface area contributed by atoms with Crippen molar-refractivity contribution in [2.45, 2.75) is 135 Å². The minimum atomic E-state index is -1.90. The van der Waals surface area contributed by atoms with Gasteiger partial charge in [0, 0.05) is 0 Å². The van der Waals surface area contributed by atoms with Crippen molar-refractivity contribution in [1.82, 2.24) is 5.32 Å². The number of carbonyl (C=O) groups excluding carboxylic acids is 1. The summed E-state index contributed by atoms with van der Waals surface area (Å²) in [5, 5.41) is 3.02. The zero-order chi connectivity index (χ0) is 24.2. The van der Waals surface area contributed by atoms with E-state index in [4.69, 9.17) is 13.8 Å². The molecule has 0 spiro atoms. The maximum atomic E-state index is 10.7. The lowest BCUT2D eigenvalue weighted by Gasteiger charge is -2.17. The molecule has 0 amide bonds. The number of hydrogen-bond acceptors (Lipinski definition) is 6. The second-order valence-corrected chi connectivity index (χ2v) is 10.1. The molecule has 2 N–H and O–H groups in total. The van der Waals surface area contributed by atoms with E-state index in [0.29, 0.717) is 13.1 Å². The lowest BCUT2D eigenvalue weighted by Crippen LogP contribution is -2.18. The molecule has 0 aliphatic rings. The average molecular weight is 492 g/mol. The van der Waals surface area contributed by atoms with Gasteiger partial charge in [0.2, 0.25) is 0 Å². The highest BCUT2D eigenvalue weighted by Crippen LogP contribution is 2.33. The lowest BCUT2D eigenvalue weighted by atomic mass is 10.0. The van der Waals surface area contributed by atoms with Crippen LogP contribution >= 0.6 is 8.60 Å². The van der Waals surface area contributed by atoms with Crippen LogP contribution in [0.3, 0.4) is 0 Å². The van der Waals surface area contributed by atoms with Crippen LogP contribution < -0.4 is 5.32 Å². The molecule has 0 aliphatic carbocycles. The fourth-order valence-corrected chi connectivity index (χ4v) is 4.60. The Morgan fingerprint density at radius 1 is 0.758 bits per heavy atom. The van der Waals surface area contributed by atoms with Gasteiger partial charge in [-0.25, -0.2) is 0 Å². The Morgan fingerprint density at radius 2 is 1.24 bits per heavy atom. The van der Waals surface area contributed by atoms with E-state index >= 15 is 0 Å². The van der Waals surface area contributed by atoms with Crippen LogP contribution in [-0.2, 0) is 18.6 Å². The highest BCUT2D eigenvalue weighted by atomic mass is 31.2. The van der Waals surface area contributed by atoms with E-state index in [1.165, 1.54) is 96.3 Å². The molecule has 0 aromatic rings. The molecule has 198 valence electrons. The third-order valence-corrected chi connectivity index (χ3v) is 6.79. The van der Waals surface area contributed by atoms with Gasteiger partial charge in [0.15, 0.2) is 0 Å². The van der Waals surface area contributed by atoms with Gasteiger partial charge in [0.25, 0.3) is 6.47 Å². The molecule has 7 heteroatoms.